The average molecular weight is 745 g/mol. The van der Waals surface area contributed by atoms with Gasteiger partial charge in [-0.1, -0.05) is 127 Å². The van der Waals surface area contributed by atoms with Crippen LogP contribution in [0, 0.1) is 13.8 Å². The van der Waals surface area contributed by atoms with Crippen molar-refractivity contribution in [2.24, 2.45) is 0 Å². The number of benzene rings is 9. The maximum atomic E-state index is 2.57. The molecule has 2 aliphatic carbocycles. The largest absolute Gasteiger partial charge is 0.334 e. The minimum Gasteiger partial charge on any atom is -0.334 e. The molecule has 0 radical (unpaired) electrons. The molecule has 0 aromatic heterocycles. The van der Waals surface area contributed by atoms with Crippen LogP contribution in [-0.4, -0.2) is 6.04 Å². The number of hydrogen-bond acceptors (Lipinski definition) is 2. The van der Waals surface area contributed by atoms with Gasteiger partial charge >= 0.3 is 0 Å². The maximum absolute atomic E-state index is 2.57. The summed E-state index contributed by atoms with van der Waals surface area (Å²) in [6.07, 6.45) is 12.8. The van der Waals surface area contributed by atoms with Crippen molar-refractivity contribution in [2.75, 3.05) is 9.80 Å². The van der Waals surface area contributed by atoms with Gasteiger partial charge in [-0.15, -0.1) is 0 Å². The van der Waals surface area contributed by atoms with E-state index in [4.69, 9.17) is 0 Å². The van der Waals surface area contributed by atoms with Crippen molar-refractivity contribution in [3.63, 3.8) is 0 Å². The van der Waals surface area contributed by atoms with Crippen molar-refractivity contribution in [1.82, 2.24) is 0 Å². The molecular formula is C56H44N2. The molecule has 0 amide bonds. The van der Waals surface area contributed by atoms with Gasteiger partial charge in [-0.05, 0) is 170 Å². The number of anilines is 5. The van der Waals surface area contributed by atoms with Crippen LogP contribution in [0.25, 0.3) is 53.9 Å². The third kappa shape index (κ3) is 5.87. The summed E-state index contributed by atoms with van der Waals surface area (Å²) in [4.78, 5) is 5.00. The minimum atomic E-state index is 0.200. The molecule has 11 rings (SSSR count). The van der Waals surface area contributed by atoms with E-state index in [2.05, 4.69) is 212 Å². The second kappa shape index (κ2) is 13.9. The third-order valence-electron chi connectivity index (χ3n) is 12.7. The average Bonchev–Trinajstić information content (AvgIpc) is 3.28. The van der Waals surface area contributed by atoms with Crippen molar-refractivity contribution in [1.29, 1.82) is 0 Å². The van der Waals surface area contributed by atoms with Gasteiger partial charge in [-0.3, -0.25) is 0 Å². The molecule has 0 N–H and O–H groups in total. The van der Waals surface area contributed by atoms with Crippen molar-refractivity contribution in [3.8, 4) is 0 Å². The summed E-state index contributed by atoms with van der Waals surface area (Å²) in [6.45, 7) is 4.61. The van der Waals surface area contributed by atoms with E-state index in [1.807, 2.05) is 0 Å². The summed E-state index contributed by atoms with van der Waals surface area (Å²) in [5.74, 6) is 0. The van der Waals surface area contributed by atoms with Crippen molar-refractivity contribution < 1.29 is 0 Å². The SMILES string of the molecule is Cc1c2ccc(N(c3ccc4ccccc4c3)c3ccc4ccccc4c3)cc2c(C)c2cc(N(c3ccc4ccccc4c3)C3C=CC4=C(C=CCC4)C3)ccc12. The molecular weight excluding hydrogens is 701 g/mol. The molecule has 1 atom stereocenters. The molecule has 0 bridgehead atoms. The van der Waals surface area contributed by atoms with E-state index in [1.54, 1.807) is 0 Å². The summed E-state index contributed by atoms with van der Waals surface area (Å²) in [7, 11) is 0. The highest BCUT2D eigenvalue weighted by atomic mass is 15.2. The first kappa shape index (κ1) is 34.4. The lowest BCUT2D eigenvalue weighted by Gasteiger charge is -2.35. The number of hydrogen-bond donors (Lipinski definition) is 0. The van der Waals surface area contributed by atoms with Gasteiger partial charge < -0.3 is 9.80 Å². The van der Waals surface area contributed by atoms with E-state index >= 15 is 0 Å². The normalized spacial score (nSPS) is 15.2. The van der Waals surface area contributed by atoms with Crippen LogP contribution in [0.15, 0.2) is 199 Å². The Labute approximate surface area is 340 Å². The molecule has 9 aromatic carbocycles. The molecule has 0 saturated carbocycles. The molecule has 2 heteroatoms. The molecule has 58 heavy (non-hydrogen) atoms. The predicted octanol–water partition coefficient (Wildman–Crippen LogP) is 15.7. The number of rotatable bonds is 6. The highest BCUT2D eigenvalue weighted by Crippen LogP contribution is 2.43. The zero-order chi connectivity index (χ0) is 38.7. The lowest BCUT2D eigenvalue weighted by molar-refractivity contribution is 0.746. The Morgan fingerprint density at radius 2 is 0.862 bits per heavy atom. The summed E-state index contributed by atoms with van der Waals surface area (Å²) in [5, 5.41) is 12.6. The molecule has 1 unspecified atom stereocenters. The maximum Gasteiger partial charge on any atom is 0.0565 e. The fraction of sp³-hybridized carbons (Fsp3) is 0.107. The van der Waals surface area contributed by atoms with Gasteiger partial charge in [0.25, 0.3) is 0 Å². The van der Waals surface area contributed by atoms with Gasteiger partial charge in [0, 0.05) is 28.4 Å². The highest BCUT2D eigenvalue weighted by molar-refractivity contribution is 6.08. The Morgan fingerprint density at radius 1 is 0.414 bits per heavy atom. The number of fused-ring (bicyclic) bond motifs is 5. The zero-order valence-electron chi connectivity index (χ0n) is 33.0. The summed E-state index contributed by atoms with van der Waals surface area (Å²) in [6, 6.07) is 61.0. The topological polar surface area (TPSA) is 6.48 Å². The molecule has 0 spiro atoms. The molecule has 0 saturated heterocycles. The molecule has 2 nitrogen and oxygen atoms in total. The van der Waals surface area contributed by atoms with Crippen molar-refractivity contribution in [2.45, 2.75) is 39.2 Å². The lowest BCUT2D eigenvalue weighted by atomic mass is 9.87. The molecule has 0 aliphatic heterocycles. The summed E-state index contributed by atoms with van der Waals surface area (Å²) < 4.78 is 0. The van der Waals surface area contributed by atoms with Crippen LogP contribution in [0.4, 0.5) is 28.4 Å². The van der Waals surface area contributed by atoms with E-state index in [0.29, 0.717) is 0 Å². The first-order chi connectivity index (χ1) is 28.6. The first-order valence-corrected chi connectivity index (χ1v) is 20.6. The van der Waals surface area contributed by atoms with E-state index in [0.717, 1.165) is 36.3 Å². The molecule has 2 aliphatic rings. The fourth-order valence-electron chi connectivity index (χ4n) is 9.67. The number of nitrogens with zero attached hydrogens (tertiary/aromatic N) is 2. The Kier molecular flexibility index (Phi) is 8.25. The van der Waals surface area contributed by atoms with Gasteiger partial charge in [0.2, 0.25) is 0 Å². The molecule has 0 heterocycles. The van der Waals surface area contributed by atoms with Crippen LogP contribution >= 0.6 is 0 Å². The van der Waals surface area contributed by atoms with E-state index in [1.165, 1.54) is 87.5 Å². The van der Waals surface area contributed by atoms with Crippen LogP contribution in [-0.2, 0) is 0 Å². The van der Waals surface area contributed by atoms with Gasteiger partial charge in [0.05, 0.1) is 6.04 Å². The monoisotopic (exact) mass is 744 g/mol. The van der Waals surface area contributed by atoms with E-state index < -0.39 is 0 Å². The quantitative estimate of drug-likeness (QED) is 0.156. The van der Waals surface area contributed by atoms with Gasteiger partial charge in [-0.25, -0.2) is 0 Å². The Balaban J connectivity index is 1.08. The minimum absolute atomic E-state index is 0.200. The molecule has 0 fully saturated rings. The number of aryl methyl sites for hydroxylation is 2. The Morgan fingerprint density at radius 3 is 1.47 bits per heavy atom. The third-order valence-corrected chi connectivity index (χ3v) is 12.7. The summed E-state index contributed by atoms with van der Waals surface area (Å²) in [5.41, 5.74) is 11.4. The van der Waals surface area contributed by atoms with Crippen molar-refractivity contribution in [3.05, 3.63) is 210 Å². The highest BCUT2D eigenvalue weighted by Gasteiger charge is 2.25. The van der Waals surface area contributed by atoms with Crippen LogP contribution in [0.2, 0.25) is 0 Å². The van der Waals surface area contributed by atoms with Gasteiger partial charge in [0.1, 0.15) is 0 Å². The smallest absolute Gasteiger partial charge is 0.0565 e. The first-order valence-electron chi connectivity index (χ1n) is 20.6. The predicted molar refractivity (Wildman–Crippen MR) is 250 cm³/mol. The Bertz CT molecular complexity index is 3120. The second-order valence-electron chi connectivity index (χ2n) is 16.1. The van der Waals surface area contributed by atoms with Crippen LogP contribution in [0.3, 0.4) is 0 Å². The van der Waals surface area contributed by atoms with Gasteiger partial charge in [-0.2, -0.15) is 0 Å². The molecule has 278 valence electrons. The van der Waals surface area contributed by atoms with Crippen LogP contribution in [0.5, 0.6) is 0 Å². The fourth-order valence-corrected chi connectivity index (χ4v) is 9.67. The van der Waals surface area contributed by atoms with Crippen LogP contribution < -0.4 is 9.80 Å². The van der Waals surface area contributed by atoms with Crippen LogP contribution in [0.1, 0.15) is 30.4 Å². The van der Waals surface area contributed by atoms with E-state index in [9.17, 15) is 0 Å². The van der Waals surface area contributed by atoms with Crippen molar-refractivity contribution >= 4 is 82.3 Å². The van der Waals surface area contributed by atoms with E-state index in [-0.39, 0.29) is 6.04 Å². The van der Waals surface area contributed by atoms with Gasteiger partial charge in [0.15, 0.2) is 0 Å². The lowest BCUT2D eigenvalue weighted by Crippen LogP contribution is -2.31. The Hall–Kier alpha value is -6.90. The standard InChI is InChI=1S/C56H44N2/c1-37-53-29-27-51(57(47-23-19-39-11-3-7-15-43(39)31-47)48-24-20-40-12-4-8-16-44(40)32-48)35-55(53)38(2)56-36-52(28-30-54(37)56)58(49-25-21-41-13-5-9-17-45(41)33-49)50-26-22-42-14-6-10-18-46(42)34-50/h3-5,7-13,15-33,35-36,50H,6,14,34H2,1-2H3. The molecule has 9 aromatic rings. The summed E-state index contributed by atoms with van der Waals surface area (Å²) >= 11 is 0. The number of allylic oxidation sites excluding steroid dienone is 4. The second-order valence-corrected chi connectivity index (χ2v) is 16.1. The zero-order valence-corrected chi connectivity index (χ0v) is 33.0.